The first kappa shape index (κ1) is 13.6. The second-order valence-corrected chi connectivity index (χ2v) is 7.12. The summed E-state index contributed by atoms with van der Waals surface area (Å²) in [4.78, 5) is 26.5. The first-order valence-electron chi connectivity index (χ1n) is 8.14. The lowest BCUT2D eigenvalue weighted by molar-refractivity contribution is -0.153. The maximum Gasteiger partial charge on any atom is 0.305 e. The SMILES string of the molecule is COC(=O)C[C@H]1C23CCCC[C@H]2CC(=O)N3CC[C@]12CO2. The molecular weight excluding hydrogens is 270 g/mol. The average molecular weight is 293 g/mol. The summed E-state index contributed by atoms with van der Waals surface area (Å²) in [6.07, 6.45) is 6.39. The van der Waals surface area contributed by atoms with Crippen LogP contribution < -0.4 is 0 Å². The Morgan fingerprint density at radius 1 is 1.43 bits per heavy atom. The van der Waals surface area contributed by atoms with Crippen LogP contribution in [0, 0.1) is 11.8 Å². The number of ether oxygens (including phenoxy) is 2. The number of nitrogens with zero attached hydrogens (tertiary/aromatic N) is 1. The average Bonchev–Trinajstić information content (AvgIpc) is 3.19. The number of esters is 1. The molecule has 0 radical (unpaired) electrons. The van der Waals surface area contributed by atoms with E-state index in [4.69, 9.17) is 9.47 Å². The van der Waals surface area contributed by atoms with Crippen LogP contribution in [0.2, 0.25) is 0 Å². The normalized spacial score (nSPS) is 44.4. The smallest absolute Gasteiger partial charge is 0.305 e. The van der Waals surface area contributed by atoms with Gasteiger partial charge < -0.3 is 14.4 Å². The van der Waals surface area contributed by atoms with Crippen LogP contribution in [0.3, 0.4) is 0 Å². The van der Waals surface area contributed by atoms with Crippen LogP contribution in [0.5, 0.6) is 0 Å². The van der Waals surface area contributed by atoms with E-state index in [9.17, 15) is 9.59 Å². The monoisotopic (exact) mass is 293 g/mol. The standard InChI is InChI=1S/C16H23NO4/c1-20-14(19)9-12-15(10-21-15)6-7-17-13(18)8-11-4-2-3-5-16(11,12)17/h11-12H,2-10H2,1H3/t11-,12+,15-,16?/m0/s1. The molecule has 0 aromatic rings. The van der Waals surface area contributed by atoms with Gasteiger partial charge in [-0.3, -0.25) is 9.59 Å². The lowest BCUT2D eigenvalue weighted by Crippen LogP contribution is -2.64. The van der Waals surface area contributed by atoms with Crippen LogP contribution in [0.1, 0.15) is 44.9 Å². The van der Waals surface area contributed by atoms with Crippen molar-refractivity contribution in [2.45, 2.75) is 56.1 Å². The summed E-state index contributed by atoms with van der Waals surface area (Å²) in [6.45, 7) is 1.54. The molecule has 4 fully saturated rings. The Morgan fingerprint density at radius 2 is 2.24 bits per heavy atom. The van der Waals surface area contributed by atoms with Crippen molar-refractivity contribution in [3.63, 3.8) is 0 Å². The lowest BCUT2D eigenvalue weighted by Gasteiger charge is -2.55. The van der Waals surface area contributed by atoms with Crippen molar-refractivity contribution >= 4 is 11.9 Å². The van der Waals surface area contributed by atoms with Gasteiger partial charge in [-0.1, -0.05) is 12.8 Å². The van der Waals surface area contributed by atoms with Crippen LogP contribution in [0.15, 0.2) is 0 Å². The third-order valence-electron chi connectivity index (χ3n) is 6.42. The summed E-state index contributed by atoms with van der Waals surface area (Å²) in [6, 6.07) is 0. The molecule has 0 aromatic carbocycles. The highest BCUT2D eigenvalue weighted by molar-refractivity contribution is 5.81. The predicted octanol–water partition coefficient (Wildman–Crippen LogP) is 1.50. The number of rotatable bonds is 2. The van der Waals surface area contributed by atoms with Crippen molar-refractivity contribution in [1.82, 2.24) is 4.90 Å². The number of amides is 1. The van der Waals surface area contributed by atoms with Gasteiger partial charge >= 0.3 is 5.97 Å². The van der Waals surface area contributed by atoms with Crippen LogP contribution >= 0.6 is 0 Å². The van der Waals surface area contributed by atoms with E-state index in [0.717, 1.165) is 38.8 Å². The number of hydrogen-bond donors (Lipinski definition) is 0. The highest BCUT2D eigenvalue weighted by Gasteiger charge is 2.69. The first-order chi connectivity index (χ1) is 10.1. The fraction of sp³-hybridized carbons (Fsp3) is 0.875. The maximum atomic E-state index is 12.5. The van der Waals surface area contributed by atoms with Crippen molar-refractivity contribution in [2.75, 3.05) is 20.3 Å². The minimum absolute atomic E-state index is 0.114. The summed E-state index contributed by atoms with van der Waals surface area (Å²) in [5.74, 6) is 0.625. The van der Waals surface area contributed by atoms with E-state index in [1.807, 2.05) is 0 Å². The zero-order valence-electron chi connectivity index (χ0n) is 12.6. The highest BCUT2D eigenvalue weighted by atomic mass is 16.6. The summed E-state index contributed by atoms with van der Waals surface area (Å²) in [5, 5.41) is 0. The molecular formula is C16H23NO4. The molecule has 4 aliphatic rings. The minimum Gasteiger partial charge on any atom is -0.469 e. The zero-order chi connectivity index (χ0) is 14.7. The number of methoxy groups -OCH3 is 1. The Bertz CT molecular complexity index is 487. The Balaban J connectivity index is 1.75. The summed E-state index contributed by atoms with van der Waals surface area (Å²) in [5.41, 5.74) is -0.302. The van der Waals surface area contributed by atoms with Gasteiger partial charge in [0, 0.05) is 18.9 Å². The van der Waals surface area contributed by atoms with Crippen LogP contribution in [0.4, 0.5) is 0 Å². The van der Waals surface area contributed by atoms with E-state index >= 15 is 0 Å². The molecule has 5 nitrogen and oxygen atoms in total. The molecule has 2 spiro atoms. The van der Waals surface area contributed by atoms with E-state index in [-0.39, 0.29) is 28.9 Å². The Hall–Kier alpha value is -1.10. The first-order valence-corrected chi connectivity index (χ1v) is 8.14. The molecule has 0 aromatic heterocycles. The molecule has 1 aliphatic carbocycles. The van der Waals surface area contributed by atoms with Crippen molar-refractivity contribution in [3.8, 4) is 0 Å². The third-order valence-corrected chi connectivity index (χ3v) is 6.42. The van der Waals surface area contributed by atoms with Gasteiger partial charge in [-0.2, -0.15) is 0 Å². The molecule has 4 rings (SSSR count). The molecule has 0 N–H and O–H groups in total. The van der Waals surface area contributed by atoms with Gasteiger partial charge in [0.25, 0.3) is 0 Å². The maximum absolute atomic E-state index is 12.5. The fourth-order valence-corrected chi connectivity index (χ4v) is 5.40. The molecule has 3 heterocycles. The number of epoxide rings is 1. The van der Waals surface area contributed by atoms with Gasteiger partial charge in [-0.15, -0.1) is 0 Å². The van der Waals surface area contributed by atoms with E-state index in [1.54, 1.807) is 0 Å². The molecule has 5 heteroatoms. The van der Waals surface area contributed by atoms with Crippen molar-refractivity contribution in [3.05, 3.63) is 0 Å². The third kappa shape index (κ3) is 1.73. The summed E-state index contributed by atoms with van der Waals surface area (Å²) < 4.78 is 10.8. The second kappa shape index (κ2) is 4.45. The Morgan fingerprint density at radius 3 is 2.95 bits per heavy atom. The quantitative estimate of drug-likeness (QED) is 0.572. The molecule has 4 atom stereocenters. The van der Waals surface area contributed by atoms with Gasteiger partial charge in [-0.05, 0) is 25.2 Å². The van der Waals surface area contributed by atoms with Crippen LogP contribution in [-0.2, 0) is 19.1 Å². The molecule has 3 saturated heterocycles. The van der Waals surface area contributed by atoms with Gasteiger partial charge in [0.2, 0.25) is 5.91 Å². The summed E-state index contributed by atoms with van der Waals surface area (Å²) in [7, 11) is 1.44. The second-order valence-electron chi connectivity index (χ2n) is 7.12. The fourth-order valence-electron chi connectivity index (χ4n) is 5.40. The molecule has 1 unspecified atom stereocenters. The Kier molecular flexibility index (Phi) is 2.87. The number of carbonyl (C=O) groups excluding carboxylic acids is 2. The van der Waals surface area contributed by atoms with Gasteiger partial charge in [0.15, 0.2) is 0 Å². The minimum atomic E-state index is -0.172. The summed E-state index contributed by atoms with van der Waals surface area (Å²) >= 11 is 0. The van der Waals surface area contributed by atoms with Crippen molar-refractivity contribution in [2.24, 2.45) is 11.8 Å². The highest BCUT2D eigenvalue weighted by Crippen LogP contribution is 2.60. The van der Waals surface area contributed by atoms with Gasteiger partial charge in [0.05, 0.1) is 31.3 Å². The molecule has 3 aliphatic heterocycles. The van der Waals surface area contributed by atoms with E-state index in [1.165, 1.54) is 13.5 Å². The van der Waals surface area contributed by atoms with Gasteiger partial charge in [0.1, 0.15) is 0 Å². The van der Waals surface area contributed by atoms with E-state index < -0.39 is 0 Å². The lowest BCUT2D eigenvalue weighted by atomic mass is 9.59. The number of piperidine rings is 1. The number of hydrogen-bond acceptors (Lipinski definition) is 4. The van der Waals surface area contributed by atoms with E-state index in [0.29, 0.717) is 18.8 Å². The molecule has 116 valence electrons. The molecule has 1 amide bonds. The predicted molar refractivity (Wildman–Crippen MR) is 74.4 cm³/mol. The molecule has 0 bridgehead atoms. The topological polar surface area (TPSA) is 59.1 Å². The van der Waals surface area contributed by atoms with Crippen molar-refractivity contribution < 1.29 is 19.1 Å². The Labute approximate surface area is 125 Å². The largest absolute Gasteiger partial charge is 0.469 e. The zero-order valence-corrected chi connectivity index (χ0v) is 12.6. The number of carbonyl (C=O) groups is 2. The van der Waals surface area contributed by atoms with Crippen LogP contribution in [-0.4, -0.2) is 48.2 Å². The molecule has 1 saturated carbocycles. The van der Waals surface area contributed by atoms with Gasteiger partial charge in [-0.25, -0.2) is 0 Å². The van der Waals surface area contributed by atoms with E-state index in [2.05, 4.69) is 4.90 Å². The van der Waals surface area contributed by atoms with Crippen LogP contribution in [0.25, 0.3) is 0 Å². The van der Waals surface area contributed by atoms with Crippen molar-refractivity contribution in [1.29, 1.82) is 0 Å². The molecule has 21 heavy (non-hydrogen) atoms.